The van der Waals surface area contributed by atoms with Gasteiger partial charge in [0.15, 0.2) is 0 Å². The summed E-state index contributed by atoms with van der Waals surface area (Å²) in [5, 5.41) is 19.4. The van der Waals surface area contributed by atoms with Crippen molar-refractivity contribution in [3.63, 3.8) is 0 Å². The third kappa shape index (κ3) is 5.98. The molecule has 1 aromatic carbocycles. The molecule has 0 aromatic heterocycles. The summed E-state index contributed by atoms with van der Waals surface area (Å²) in [6, 6.07) is 6.15. The molecule has 7 heteroatoms. The topological polar surface area (TPSA) is 83.7 Å². The van der Waals surface area contributed by atoms with Crippen molar-refractivity contribution in [3.05, 3.63) is 52.6 Å². The number of nitro groups is 1. The van der Waals surface area contributed by atoms with Gasteiger partial charge >= 0.3 is 5.97 Å². The molecule has 0 fully saturated rings. The molecule has 0 aliphatic rings. The molecule has 0 unspecified atom stereocenters. The number of aliphatic carboxylic acids is 1. The number of non-ortho nitro benzene ring substituents is 1. The Morgan fingerprint density at radius 3 is 2.74 bits per heavy atom. The number of carboxylic acid groups (broad SMARTS) is 1. The number of hydrogen-bond donors (Lipinski definition) is 1. The van der Waals surface area contributed by atoms with Gasteiger partial charge in [-0.15, -0.1) is 19.0 Å². The molecule has 0 aliphatic carbocycles. The molecule has 0 bridgehead atoms. The van der Waals surface area contributed by atoms with Crippen LogP contribution in [0.1, 0.15) is 5.56 Å². The Morgan fingerprint density at radius 2 is 2.21 bits per heavy atom. The first-order valence-corrected chi connectivity index (χ1v) is 5.31. The van der Waals surface area contributed by atoms with Crippen LogP contribution >= 0.6 is 12.4 Å². The van der Waals surface area contributed by atoms with Crippen molar-refractivity contribution in [1.29, 1.82) is 0 Å². The number of benzene rings is 1. The van der Waals surface area contributed by atoms with E-state index in [0.717, 1.165) is 0 Å². The molecule has 0 radical (unpaired) electrons. The highest BCUT2D eigenvalue weighted by atomic mass is 35.5. The number of nitro benzene ring substituents is 1. The van der Waals surface area contributed by atoms with Gasteiger partial charge in [-0.1, -0.05) is 18.2 Å². The van der Waals surface area contributed by atoms with E-state index < -0.39 is 10.9 Å². The standard InChI is InChI=1S/C12H14N2O4.ClH/c1-2-6-13(9-12(15)16)8-10-4-3-5-11(7-10)14(17)18;/h2-5,7H,1,6,8-9H2,(H,15,16);1H. The highest BCUT2D eigenvalue weighted by molar-refractivity contribution is 5.85. The Kier molecular flexibility index (Phi) is 7.40. The number of carboxylic acids is 1. The number of nitrogens with zero attached hydrogens (tertiary/aromatic N) is 2. The molecule has 0 atom stereocenters. The summed E-state index contributed by atoms with van der Waals surface area (Å²) in [7, 11) is 0. The van der Waals surface area contributed by atoms with Crippen LogP contribution in [0.2, 0.25) is 0 Å². The third-order valence-electron chi connectivity index (χ3n) is 2.27. The Bertz CT molecular complexity index is 465. The van der Waals surface area contributed by atoms with Crippen molar-refractivity contribution >= 4 is 24.1 Å². The van der Waals surface area contributed by atoms with E-state index >= 15 is 0 Å². The molecule has 0 aliphatic heterocycles. The first-order chi connectivity index (χ1) is 8.52. The van der Waals surface area contributed by atoms with Crippen LogP contribution < -0.4 is 0 Å². The van der Waals surface area contributed by atoms with Gasteiger partial charge in [-0.25, -0.2) is 0 Å². The van der Waals surface area contributed by atoms with E-state index in [0.29, 0.717) is 18.7 Å². The fraction of sp³-hybridized carbons (Fsp3) is 0.250. The minimum absolute atomic E-state index is 0. The molecular formula is C12H15ClN2O4. The zero-order valence-electron chi connectivity index (χ0n) is 10.2. The zero-order chi connectivity index (χ0) is 13.5. The molecule has 1 aromatic rings. The first kappa shape index (κ1) is 17.1. The summed E-state index contributed by atoms with van der Waals surface area (Å²) in [6.45, 7) is 4.17. The predicted molar refractivity (Wildman–Crippen MR) is 73.5 cm³/mol. The predicted octanol–water partition coefficient (Wildman–Crippen LogP) is 2.09. The first-order valence-electron chi connectivity index (χ1n) is 5.31. The van der Waals surface area contributed by atoms with E-state index in [4.69, 9.17) is 5.11 Å². The average Bonchev–Trinajstić information content (AvgIpc) is 2.28. The van der Waals surface area contributed by atoms with Crippen LogP contribution in [0.5, 0.6) is 0 Å². The van der Waals surface area contributed by atoms with Gasteiger partial charge in [-0.3, -0.25) is 19.8 Å². The maximum Gasteiger partial charge on any atom is 0.317 e. The Balaban J connectivity index is 0.00000324. The molecule has 0 saturated heterocycles. The summed E-state index contributed by atoms with van der Waals surface area (Å²) < 4.78 is 0. The van der Waals surface area contributed by atoms with Crippen molar-refractivity contribution < 1.29 is 14.8 Å². The highest BCUT2D eigenvalue weighted by Crippen LogP contribution is 2.14. The number of hydrogen-bond acceptors (Lipinski definition) is 4. The molecule has 1 N–H and O–H groups in total. The van der Waals surface area contributed by atoms with Crippen LogP contribution in [0.15, 0.2) is 36.9 Å². The van der Waals surface area contributed by atoms with Crippen molar-refractivity contribution in [2.75, 3.05) is 13.1 Å². The van der Waals surface area contributed by atoms with Crippen LogP contribution in [0.25, 0.3) is 0 Å². The van der Waals surface area contributed by atoms with E-state index in [1.165, 1.54) is 12.1 Å². The van der Waals surface area contributed by atoms with E-state index in [2.05, 4.69) is 6.58 Å². The lowest BCUT2D eigenvalue weighted by atomic mass is 10.2. The van der Waals surface area contributed by atoms with Crippen LogP contribution in [0.4, 0.5) is 5.69 Å². The molecule has 0 amide bonds. The molecule has 1 rings (SSSR count). The van der Waals surface area contributed by atoms with E-state index in [1.54, 1.807) is 23.1 Å². The summed E-state index contributed by atoms with van der Waals surface area (Å²) in [4.78, 5) is 22.4. The normalized spacial score (nSPS) is 9.74. The Morgan fingerprint density at radius 1 is 1.53 bits per heavy atom. The van der Waals surface area contributed by atoms with Gasteiger partial charge in [0.1, 0.15) is 0 Å². The Hall–Kier alpha value is -1.92. The molecular weight excluding hydrogens is 272 g/mol. The second kappa shape index (κ2) is 8.23. The van der Waals surface area contributed by atoms with Crippen molar-refractivity contribution in [2.24, 2.45) is 0 Å². The molecule has 0 spiro atoms. The number of rotatable bonds is 7. The maximum atomic E-state index is 10.7. The molecule has 6 nitrogen and oxygen atoms in total. The highest BCUT2D eigenvalue weighted by Gasteiger charge is 2.11. The molecule has 0 saturated carbocycles. The lowest BCUT2D eigenvalue weighted by Crippen LogP contribution is -2.29. The van der Waals surface area contributed by atoms with Gasteiger partial charge in [0.25, 0.3) is 5.69 Å². The van der Waals surface area contributed by atoms with Crippen molar-refractivity contribution in [2.45, 2.75) is 6.54 Å². The van der Waals surface area contributed by atoms with Crippen LogP contribution in [-0.2, 0) is 11.3 Å². The quantitative estimate of drug-likeness (QED) is 0.471. The summed E-state index contributed by atoms with van der Waals surface area (Å²) in [5.74, 6) is -0.942. The van der Waals surface area contributed by atoms with Crippen LogP contribution in [0, 0.1) is 10.1 Å². The van der Waals surface area contributed by atoms with Gasteiger partial charge in [0.2, 0.25) is 0 Å². The summed E-state index contributed by atoms with van der Waals surface area (Å²) in [6.07, 6.45) is 1.60. The second-order valence-corrected chi connectivity index (χ2v) is 3.78. The third-order valence-corrected chi connectivity index (χ3v) is 2.27. The van der Waals surface area contributed by atoms with Crippen LogP contribution in [-0.4, -0.2) is 34.0 Å². The fourth-order valence-corrected chi connectivity index (χ4v) is 1.59. The maximum absolute atomic E-state index is 10.7. The van der Waals surface area contributed by atoms with Gasteiger partial charge < -0.3 is 5.11 Å². The van der Waals surface area contributed by atoms with Crippen molar-refractivity contribution in [3.8, 4) is 0 Å². The summed E-state index contributed by atoms with van der Waals surface area (Å²) >= 11 is 0. The van der Waals surface area contributed by atoms with Crippen LogP contribution in [0.3, 0.4) is 0 Å². The molecule has 0 heterocycles. The zero-order valence-corrected chi connectivity index (χ0v) is 11.0. The minimum Gasteiger partial charge on any atom is -0.480 e. The second-order valence-electron chi connectivity index (χ2n) is 3.78. The smallest absolute Gasteiger partial charge is 0.317 e. The number of halogens is 1. The van der Waals surface area contributed by atoms with Gasteiger partial charge in [-0.05, 0) is 5.56 Å². The van der Waals surface area contributed by atoms with E-state index in [9.17, 15) is 14.9 Å². The number of carbonyl (C=O) groups is 1. The van der Waals surface area contributed by atoms with Gasteiger partial charge in [-0.2, -0.15) is 0 Å². The minimum atomic E-state index is -0.942. The monoisotopic (exact) mass is 286 g/mol. The Labute approximate surface area is 116 Å². The lowest BCUT2D eigenvalue weighted by Gasteiger charge is -2.18. The molecule has 104 valence electrons. The lowest BCUT2D eigenvalue weighted by molar-refractivity contribution is -0.384. The van der Waals surface area contributed by atoms with Crippen molar-refractivity contribution in [1.82, 2.24) is 4.90 Å². The van der Waals surface area contributed by atoms with Gasteiger partial charge in [0.05, 0.1) is 11.5 Å². The van der Waals surface area contributed by atoms with Gasteiger partial charge in [0, 0.05) is 25.2 Å². The summed E-state index contributed by atoms with van der Waals surface area (Å²) in [5.41, 5.74) is 0.702. The largest absolute Gasteiger partial charge is 0.480 e. The average molecular weight is 287 g/mol. The van der Waals surface area contributed by atoms with E-state index in [1.807, 2.05) is 0 Å². The molecule has 19 heavy (non-hydrogen) atoms. The van der Waals surface area contributed by atoms with E-state index in [-0.39, 0.29) is 24.6 Å². The SMILES string of the molecule is C=CCN(CC(=O)O)Cc1cccc([N+](=O)[O-])c1.Cl. The fourth-order valence-electron chi connectivity index (χ4n) is 1.59.